The van der Waals surface area contributed by atoms with Crippen LogP contribution in [0.4, 0.5) is 0 Å². The smallest absolute Gasteiger partial charge is 0.238 e. The highest BCUT2D eigenvalue weighted by atomic mass is 16.5. The lowest BCUT2D eigenvalue weighted by molar-refractivity contribution is 0.0532. The number of nitrogens with zero attached hydrogens (tertiary/aromatic N) is 2. The first-order valence-electron chi connectivity index (χ1n) is 6.84. The Balaban J connectivity index is 1.94. The molecular weight excluding hydrogens is 248 g/mol. The summed E-state index contributed by atoms with van der Waals surface area (Å²) in [7, 11) is 1.99. The Labute approximate surface area is 119 Å². The topological polar surface area (TPSA) is 24.8 Å². The Morgan fingerprint density at radius 3 is 2.20 bits per heavy atom. The van der Waals surface area contributed by atoms with Gasteiger partial charge in [0.05, 0.1) is 6.04 Å². The van der Waals surface area contributed by atoms with E-state index in [1.54, 1.807) is 0 Å². The van der Waals surface area contributed by atoms with Crippen LogP contribution < -0.4 is 0 Å². The first-order valence-corrected chi connectivity index (χ1v) is 6.84. The van der Waals surface area contributed by atoms with Crippen LogP contribution in [0.15, 0.2) is 65.8 Å². The molecule has 102 valence electrons. The second-order valence-electron chi connectivity index (χ2n) is 5.03. The van der Waals surface area contributed by atoms with Crippen molar-refractivity contribution in [3.05, 3.63) is 71.8 Å². The summed E-state index contributed by atoms with van der Waals surface area (Å²) in [5, 5.41) is 6.51. The van der Waals surface area contributed by atoms with Gasteiger partial charge < -0.3 is 4.74 Å². The fourth-order valence-electron chi connectivity index (χ4n) is 2.37. The molecule has 1 aliphatic rings. The molecule has 0 aliphatic carbocycles. The van der Waals surface area contributed by atoms with Crippen LogP contribution in [-0.2, 0) is 4.74 Å². The Kier molecular flexibility index (Phi) is 3.42. The fourth-order valence-corrected chi connectivity index (χ4v) is 2.37. The number of hydrazone groups is 1. The van der Waals surface area contributed by atoms with Crippen molar-refractivity contribution in [2.75, 3.05) is 7.05 Å². The van der Waals surface area contributed by atoms with Crippen molar-refractivity contribution < 1.29 is 4.74 Å². The third-order valence-electron chi connectivity index (χ3n) is 3.66. The van der Waals surface area contributed by atoms with Crippen LogP contribution in [0, 0.1) is 0 Å². The van der Waals surface area contributed by atoms with Crippen molar-refractivity contribution in [3.8, 4) is 0 Å². The molecule has 0 spiro atoms. The predicted molar refractivity (Wildman–Crippen MR) is 80.5 cm³/mol. The van der Waals surface area contributed by atoms with Gasteiger partial charge in [-0.3, -0.25) is 5.01 Å². The third-order valence-corrected chi connectivity index (χ3v) is 3.66. The van der Waals surface area contributed by atoms with Gasteiger partial charge in [0.1, 0.15) is 6.10 Å². The largest absolute Gasteiger partial charge is 0.466 e. The van der Waals surface area contributed by atoms with Gasteiger partial charge in [0.15, 0.2) is 0 Å². The van der Waals surface area contributed by atoms with Crippen LogP contribution in [-0.4, -0.2) is 24.0 Å². The number of rotatable bonds is 2. The Bertz CT molecular complexity index is 595. The molecule has 0 saturated carbocycles. The molecule has 0 N–H and O–H groups in total. The molecule has 3 heteroatoms. The zero-order chi connectivity index (χ0) is 13.9. The number of likely N-dealkylation sites (N-methyl/N-ethyl adjacent to an activating group) is 1. The summed E-state index contributed by atoms with van der Waals surface area (Å²) in [6.07, 6.45) is -0.00564. The monoisotopic (exact) mass is 266 g/mol. The number of hydrogen-bond acceptors (Lipinski definition) is 3. The lowest BCUT2D eigenvalue weighted by Gasteiger charge is -2.35. The molecule has 0 aromatic heterocycles. The summed E-state index contributed by atoms with van der Waals surface area (Å²) >= 11 is 0. The molecule has 0 amide bonds. The molecule has 20 heavy (non-hydrogen) atoms. The average Bonchev–Trinajstić information content (AvgIpc) is 2.51. The zero-order valence-electron chi connectivity index (χ0n) is 11.7. The van der Waals surface area contributed by atoms with Crippen LogP contribution in [0.1, 0.15) is 24.2 Å². The summed E-state index contributed by atoms with van der Waals surface area (Å²) in [5.41, 5.74) is 2.18. The molecule has 0 fully saturated rings. The van der Waals surface area contributed by atoms with Crippen LogP contribution in [0.3, 0.4) is 0 Å². The molecule has 0 saturated heterocycles. The van der Waals surface area contributed by atoms with E-state index in [1.165, 1.54) is 5.56 Å². The van der Waals surface area contributed by atoms with Gasteiger partial charge in [0.2, 0.25) is 5.90 Å². The first-order chi connectivity index (χ1) is 9.75. The number of benzene rings is 2. The predicted octanol–water partition coefficient (Wildman–Crippen LogP) is 3.44. The van der Waals surface area contributed by atoms with Crippen molar-refractivity contribution in [3.63, 3.8) is 0 Å². The van der Waals surface area contributed by atoms with E-state index in [4.69, 9.17) is 4.74 Å². The highest BCUT2D eigenvalue weighted by Crippen LogP contribution is 2.29. The second-order valence-corrected chi connectivity index (χ2v) is 5.03. The lowest BCUT2D eigenvalue weighted by Crippen LogP contribution is -2.39. The summed E-state index contributed by atoms with van der Waals surface area (Å²) in [5.74, 6) is 0.681. The maximum atomic E-state index is 6.15. The van der Waals surface area contributed by atoms with Crippen molar-refractivity contribution in [1.82, 2.24) is 5.01 Å². The third kappa shape index (κ3) is 2.39. The highest BCUT2D eigenvalue weighted by molar-refractivity contribution is 5.94. The van der Waals surface area contributed by atoms with Gasteiger partial charge in [0.25, 0.3) is 0 Å². The van der Waals surface area contributed by atoms with Gasteiger partial charge in [-0.25, -0.2) is 0 Å². The minimum Gasteiger partial charge on any atom is -0.466 e. The van der Waals surface area contributed by atoms with Crippen LogP contribution in [0.25, 0.3) is 0 Å². The molecule has 0 radical (unpaired) electrons. The molecule has 3 rings (SSSR count). The van der Waals surface area contributed by atoms with Gasteiger partial charge in [-0.2, -0.15) is 0 Å². The highest BCUT2D eigenvalue weighted by Gasteiger charge is 2.30. The second kappa shape index (κ2) is 5.37. The maximum absolute atomic E-state index is 6.15. The molecule has 2 atom stereocenters. The SMILES string of the molecule is C[C@H]1[C@H](c2ccccc2)OC(c2ccccc2)=NN1C. The minimum atomic E-state index is -0.00564. The van der Waals surface area contributed by atoms with Gasteiger partial charge in [-0.1, -0.05) is 48.5 Å². The lowest BCUT2D eigenvalue weighted by atomic mass is 10.0. The van der Waals surface area contributed by atoms with Gasteiger partial charge in [-0.15, -0.1) is 5.10 Å². The van der Waals surface area contributed by atoms with Crippen LogP contribution in [0.5, 0.6) is 0 Å². The minimum absolute atomic E-state index is 0.00564. The Hall–Kier alpha value is -2.29. The first kappa shape index (κ1) is 12.7. The van der Waals surface area contributed by atoms with E-state index < -0.39 is 0 Å². The zero-order valence-corrected chi connectivity index (χ0v) is 11.7. The summed E-state index contributed by atoms with van der Waals surface area (Å²) in [4.78, 5) is 0. The van der Waals surface area contributed by atoms with Crippen molar-refractivity contribution >= 4 is 5.90 Å². The van der Waals surface area contributed by atoms with E-state index in [2.05, 4.69) is 24.2 Å². The fraction of sp³-hybridized carbons (Fsp3) is 0.235. The summed E-state index contributed by atoms with van der Waals surface area (Å²) in [6.45, 7) is 2.13. The van der Waals surface area contributed by atoms with Crippen molar-refractivity contribution in [2.45, 2.75) is 19.1 Å². The Morgan fingerprint density at radius 1 is 0.950 bits per heavy atom. The van der Waals surface area contributed by atoms with Crippen LogP contribution in [0.2, 0.25) is 0 Å². The molecule has 3 nitrogen and oxygen atoms in total. The summed E-state index contributed by atoms with van der Waals surface area (Å²) < 4.78 is 6.15. The van der Waals surface area contributed by atoms with Crippen molar-refractivity contribution in [1.29, 1.82) is 0 Å². The van der Waals surface area contributed by atoms with E-state index in [0.717, 1.165) is 5.56 Å². The van der Waals surface area contributed by atoms with Crippen LogP contribution >= 0.6 is 0 Å². The normalized spacial score (nSPS) is 22.1. The van der Waals surface area contributed by atoms with E-state index in [9.17, 15) is 0 Å². The average molecular weight is 266 g/mol. The van der Waals surface area contributed by atoms with Gasteiger partial charge >= 0.3 is 0 Å². The van der Waals surface area contributed by atoms with E-state index in [-0.39, 0.29) is 12.1 Å². The van der Waals surface area contributed by atoms with E-state index >= 15 is 0 Å². The Morgan fingerprint density at radius 2 is 1.55 bits per heavy atom. The molecule has 0 unspecified atom stereocenters. The number of hydrogen-bond donors (Lipinski definition) is 0. The van der Waals surface area contributed by atoms with E-state index in [1.807, 2.05) is 60.6 Å². The van der Waals surface area contributed by atoms with E-state index in [0.29, 0.717) is 5.90 Å². The standard InChI is InChI=1S/C17H18N2O/c1-13-16(14-9-5-3-6-10-14)20-17(18-19(13)2)15-11-7-4-8-12-15/h3-13,16H,1-2H3/t13-,16+/m0/s1. The quantitative estimate of drug-likeness (QED) is 0.831. The molecular formula is C17H18N2O. The molecule has 1 heterocycles. The number of ether oxygens (including phenoxy) is 1. The summed E-state index contributed by atoms with van der Waals surface area (Å²) in [6, 6.07) is 20.5. The maximum Gasteiger partial charge on any atom is 0.238 e. The van der Waals surface area contributed by atoms with Crippen molar-refractivity contribution in [2.24, 2.45) is 5.10 Å². The molecule has 2 aromatic carbocycles. The molecule has 0 bridgehead atoms. The molecule has 2 aromatic rings. The van der Waals surface area contributed by atoms with Gasteiger partial charge in [0, 0.05) is 12.6 Å². The molecule has 1 aliphatic heterocycles. The van der Waals surface area contributed by atoms with Gasteiger partial charge in [-0.05, 0) is 24.6 Å².